The third kappa shape index (κ3) is 0.497. The standard InChI is InChI=1S/C13H13F2NO2/c14-13(15,11(16)17)12-8-3-1-2-4-5(3)9(12)7(4)10(18-12)6(2)8/h2-10H,1H2,(H2,16,17)/t2-,3?,4-,5?,6+,7-,8?,9?,10-,12+/m0/s1. The summed E-state index contributed by atoms with van der Waals surface area (Å²) in [5.41, 5.74) is 3.49. The zero-order valence-corrected chi connectivity index (χ0v) is 9.55. The summed E-state index contributed by atoms with van der Waals surface area (Å²) >= 11 is 0. The van der Waals surface area contributed by atoms with E-state index in [0.29, 0.717) is 35.5 Å². The first-order valence-corrected chi connectivity index (χ1v) is 6.87. The fourth-order valence-corrected chi connectivity index (χ4v) is 7.70. The molecule has 7 aliphatic rings. The number of nitrogens with two attached hydrogens (primary N) is 1. The molecular formula is C13H13F2NO2. The average molecular weight is 253 g/mol. The first kappa shape index (κ1) is 9.23. The molecule has 0 aromatic carbocycles. The largest absolute Gasteiger partial charge is 0.364 e. The van der Waals surface area contributed by atoms with Gasteiger partial charge in [-0.1, -0.05) is 0 Å². The Morgan fingerprint density at radius 2 is 1.94 bits per heavy atom. The van der Waals surface area contributed by atoms with Gasteiger partial charge < -0.3 is 10.5 Å². The highest BCUT2D eigenvalue weighted by atomic mass is 19.3. The molecule has 96 valence electrons. The van der Waals surface area contributed by atoms with Crippen molar-refractivity contribution in [1.29, 1.82) is 0 Å². The number of hydrogen-bond acceptors (Lipinski definition) is 2. The molecule has 2 heterocycles. The molecule has 4 unspecified atom stereocenters. The zero-order chi connectivity index (χ0) is 12.2. The van der Waals surface area contributed by atoms with Crippen molar-refractivity contribution in [2.75, 3.05) is 0 Å². The van der Waals surface area contributed by atoms with E-state index in [0.717, 1.165) is 6.42 Å². The van der Waals surface area contributed by atoms with Gasteiger partial charge in [-0.3, -0.25) is 4.79 Å². The molecule has 2 saturated heterocycles. The van der Waals surface area contributed by atoms with Gasteiger partial charge >= 0.3 is 5.92 Å². The Morgan fingerprint density at radius 1 is 1.17 bits per heavy atom. The number of primary amides is 1. The summed E-state index contributed by atoms with van der Waals surface area (Å²) in [6.45, 7) is 0. The lowest BCUT2D eigenvalue weighted by Gasteiger charge is -2.47. The molecule has 7 fully saturated rings. The second-order valence-electron chi connectivity index (χ2n) is 7.24. The molecule has 5 saturated carbocycles. The maximum Gasteiger partial charge on any atom is 0.353 e. The van der Waals surface area contributed by atoms with Crippen molar-refractivity contribution in [3.8, 4) is 0 Å². The second-order valence-corrected chi connectivity index (χ2v) is 7.24. The van der Waals surface area contributed by atoms with Gasteiger partial charge in [-0.15, -0.1) is 0 Å². The van der Waals surface area contributed by atoms with Crippen molar-refractivity contribution in [3.63, 3.8) is 0 Å². The van der Waals surface area contributed by atoms with Crippen LogP contribution in [0.1, 0.15) is 6.42 Å². The third-order valence-electron chi connectivity index (χ3n) is 7.50. The maximum atomic E-state index is 14.5. The van der Waals surface area contributed by atoms with Gasteiger partial charge in [0.15, 0.2) is 0 Å². The minimum absolute atomic E-state index is 0.0176. The van der Waals surface area contributed by atoms with Crippen molar-refractivity contribution >= 4 is 5.91 Å². The van der Waals surface area contributed by atoms with E-state index in [1.54, 1.807) is 0 Å². The molecule has 5 aliphatic carbocycles. The van der Waals surface area contributed by atoms with Crippen LogP contribution in [-0.4, -0.2) is 23.5 Å². The van der Waals surface area contributed by atoms with Gasteiger partial charge in [0, 0.05) is 11.8 Å². The number of ether oxygens (including phenoxy) is 1. The van der Waals surface area contributed by atoms with Crippen molar-refractivity contribution in [2.24, 2.45) is 53.1 Å². The molecule has 1 amide bonds. The first-order valence-electron chi connectivity index (χ1n) is 6.87. The number of hydrogen-bond donors (Lipinski definition) is 1. The monoisotopic (exact) mass is 253 g/mol. The van der Waals surface area contributed by atoms with Crippen molar-refractivity contribution in [1.82, 2.24) is 0 Å². The summed E-state index contributed by atoms with van der Waals surface area (Å²) in [6.07, 6.45) is 1.12. The fraction of sp³-hybridized carbons (Fsp3) is 0.923. The second kappa shape index (κ2) is 2.03. The van der Waals surface area contributed by atoms with Crippen LogP contribution in [0.25, 0.3) is 0 Å². The Kier molecular flexibility index (Phi) is 1.04. The molecule has 2 aliphatic heterocycles. The van der Waals surface area contributed by atoms with Crippen LogP contribution < -0.4 is 5.73 Å². The van der Waals surface area contributed by atoms with Crippen LogP contribution >= 0.6 is 0 Å². The van der Waals surface area contributed by atoms with Crippen LogP contribution in [0.5, 0.6) is 0 Å². The summed E-state index contributed by atoms with van der Waals surface area (Å²) in [6, 6.07) is 0. The minimum atomic E-state index is -3.48. The van der Waals surface area contributed by atoms with Crippen LogP contribution in [-0.2, 0) is 9.53 Å². The van der Waals surface area contributed by atoms with Crippen LogP contribution in [0.2, 0.25) is 0 Å². The van der Waals surface area contributed by atoms with Gasteiger partial charge in [0.2, 0.25) is 0 Å². The van der Waals surface area contributed by atoms with E-state index in [1.165, 1.54) is 0 Å². The van der Waals surface area contributed by atoms with Gasteiger partial charge in [0.05, 0.1) is 6.10 Å². The van der Waals surface area contributed by atoms with E-state index >= 15 is 0 Å². The summed E-state index contributed by atoms with van der Waals surface area (Å²) < 4.78 is 34.7. The molecule has 7 rings (SSSR count). The van der Waals surface area contributed by atoms with Crippen LogP contribution in [0.4, 0.5) is 8.78 Å². The summed E-state index contributed by atoms with van der Waals surface area (Å²) in [5, 5.41) is 0. The van der Waals surface area contributed by atoms with Crippen molar-refractivity contribution in [2.45, 2.75) is 24.0 Å². The fourth-order valence-electron chi connectivity index (χ4n) is 7.70. The minimum Gasteiger partial charge on any atom is -0.364 e. The molecule has 0 spiro atoms. The van der Waals surface area contributed by atoms with Crippen LogP contribution in [0, 0.1) is 47.3 Å². The Balaban J connectivity index is 1.65. The summed E-state index contributed by atoms with van der Waals surface area (Å²) in [5.74, 6) is -2.44. The zero-order valence-electron chi connectivity index (χ0n) is 9.55. The molecule has 5 heteroatoms. The summed E-state index contributed by atoms with van der Waals surface area (Å²) in [7, 11) is 0. The highest BCUT2D eigenvalue weighted by Gasteiger charge is 2.97. The van der Waals surface area contributed by atoms with E-state index in [-0.39, 0.29) is 17.9 Å². The van der Waals surface area contributed by atoms with E-state index in [9.17, 15) is 13.6 Å². The molecule has 4 bridgehead atoms. The number of carbonyl (C=O) groups is 1. The Hall–Kier alpha value is -0.710. The molecule has 0 radical (unpaired) electrons. The smallest absolute Gasteiger partial charge is 0.353 e. The quantitative estimate of drug-likeness (QED) is 0.785. The molecule has 10 atom stereocenters. The molecule has 18 heavy (non-hydrogen) atoms. The van der Waals surface area contributed by atoms with E-state index in [4.69, 9.17) is 10.5 Å². The highest BCUT2D eigenvalue weighted by Crippen LogP contribution is 2.91. The van der Waals surface area contributed by atoms with Gasteiger partial charge in [0.25, 0.3) is 5.91 Å². The van der Waals surface area contributed by atoms with Gasteiger partial charge in [-0.2, -0.15) is 8.78 Å². The van der Waals surface area contributed by atoms with Gasteiger partial charge in [0.1, 0.15) is 5.60 Å². The van der Waals surface area contributed by atoms with Crippen LogP contribution in [0.15, 0.2) is 0 Å². The number of carbonyl (C=O) groups excluding carboxylic acids is 1. The Labute approximate surface area is 102 Å². The van der Waals surface area contributed by atoms with Crippen molar-refractivity contribution in [3.05, 3.63) is 0 Å². The predicted octanol–water partition coefficient (Wildman–Crippen LogP) is 0.632. The number of halogens is 2. The van der Waals surface area contributed by atoms with E-state index < -0.39 is 17.4 Å². The Morgan fingerprint density at radius 3 is 2.67 bits per heavy atom. The number of amides is 1. The molecule has 3 nitrogen and oxygen atoms in total. The normalized spacial score (nSPS) is 71.6. The lowest BCUT2D eigenvalue weighted by atomic mass is 9.56. The van der Waals surface area contributed by atoms with E-state index in [2.05, 4.69) is 0 Å². The lowest BCUT2D eigenvalue weighted by Crippen LogP contribution is -2.62. The first-order chi connectivity index (χ1) is 8.52. The summed E-state index contributed by atoms with van der Waals surface area (Å²) in [4.78, 5) is 11.3. The maximum absolute atomic E-state index is 14.5. The SMILES string of the molecule is NC(=O)C(F)(F)[C@@]12O[C@H]3[C@H]4C1C1C[C@H]4[C@H]4C1C2[C@@H]34. The van der Waals surface area contributed by atoms with E-state index in [1.807, 2.05) is 0 Å². The molecular weight excluding hydrogens is 240 g/mol. The molecule has 2 N–H and O–H groups in total. The molecule has 0 aromatic rings. The lowest BCUT2D eigenvalue weighted by molar-refractivity contribution is -0.206. The van der Waals surface area contributed by atoms with Gasteiger partial charge in [-0.25, -0.2) is 0 Å². The van der Waals surface area contributed by atoms with Gasteiger partial charge in [-0.05, 0) is 41.9 Å². The number of rotatable bonds is 2. The number of alkyl halides is 2. The highest BCUT2D eigenvalue weighted by molar-refractivity contribution is 5.84. The third-order valence-corrected chi connectivity index (χ3v) is 7.50. The topological polar surface area (TPSA) is 52.3 Å². The average Bonchev–Trinajstić information content (AvgIpc) is 2.86. The Bertz CT molecular complexity index is 527. The molecule has 0 aromatic heterocycles. The predicted molar refractivity (Wildman–Crippen MR) is 54.3 cm³/mol. The van der Waals surface area contributed by atoms with Crippen molar-refractivity contribution < 1.29 is 18.3 Å². The van der Waals surface area contributed by atoms with Crippen LogP contribution in [0.3, 0.4) is 0 Å².